The molecule has 134 valence electrons. The fourth-order valence-electron chi connectivity index (χ4n) is 3.22. The van der Waals surface area contributed by atoms with Gasteiger partial charge in [-0.3, -0.25) is 4.79 Å². The van der Waals surface area contributed by atoms with Crippen LogP contribution in [-0.2, 0) is 0 Å². The Morgan fingerprint density at radius 3 is 2.96 bits per heavy atom. The van der Waals surface area contributed by atoms with Crippen molar-refractivity contribution in [1.29, 1.82) is 0 Å². The minimum atomic E-state index is -0.130. The van der Waals surface area contributed by atoms with E-state index in [1.807, 2.05) is 23.1 Å². The van der Waals surface area contributed by atoms with Gasteiger partial charge in [0.15, 0.2) is 5.89 Å². The smallest absolute Gasteiger partial charge is 0.292 e. The molecule has 8 nitrogen and oxygen atoms in total. The van der Waals surface area contributed by atoms with Crippen molar-refractivity contribution in [3.8, 4) is 0 Å². The Kier molecular flexibility index (Phi) is 4.37. The Morgan fingerprint density at radius 2 is 2.23 bits per heavy atom. The van der Waals surface area contributed by atoms with E-state index < -0.39 is 0 Å². The van der Waals surface area contributed by atoms with Gasteiger partial charge in [0.2, 0.25) is 10.9 Å². The van der Waals surface area contributed by atoms with Crippen LogP contribution in [-0.4, -0.2) is 37.5 Å². The molecule has 0 aliphatic carbocycles. The van der Waals surface area contributed by atoms with Crippen LogP contribution < -0.4 is 5.32 Å². The van der Waals surface area contributed by atoms with Gasteiger partial charge in [0.05, 0.1) is 17.4 Å². The number of aromatic nitrogens is 4. The van der Waals surface area contributed by atoms with Crippen LogP contribution in [0.4, 0.5) is 10.9 Å². The van der Waals surface area contributed by atoms with E-state index in [4.69, 9.17) is 4.42 Å². The van der Waals surface area contributed by atoms with Crippen LogP contribution in [0.5, 0.6) is 0 Å². The molecule has 1 amide bonds. The molecule has 1 unspecified atom stereocenters. The van der Waals surface area contributed by atoms with Crippen LogP contribution in [0.2, 0.25) is 0 Å². The van der Waals surface area contributed by atoms with Crippen molar-refractivity contribution in [2.45, 2.75) is 32.7 Å². The predicted molar refractivity (Wildman–Crippen MR) is 96.4 cm³/mol. The van der Waals surface area contributed by atoms with Crippen LogP contribution in [0.15, 0.2) is 28.1 Å². The van der Waals surface area contributed by atoms with E-state index in [1.165, 1.54) is 11.3 Å². The molecule has 0 radical (unpaired) electrons. The van der Waals surface area contributed by atoms with Crippen LogP contribution in [0, 0.1) is 13.8 Å². The third-order valence-electron chi connectivity index (χ3n) is 4.32. The van der Waals surface area contributed by atoms with Gasteiger partial charge >= 0.3 is 0 Å². The van der Waals surface area contributed by atoms with Gasteiger partial charge in [-0.2, -0.15) is 0 Å². The van der Waals surface area contributed by atoms with Gasteiger partial charge < -0.3 is 14.6 Å². The Labute approximate surface area is 154 Å². The summed E-state index contributed by atoms with van der Waals surface area (Å²) in [7, 11) is 0. The zero-order valence-electron chi connectivity index (χ0n) is 14.5. The average Bonchev–Trinajstić information content (AvgIpc) is 3.36. The molecule has 1 aliphatic rings. The fraction of sp³-hybridized carbons (Fsp3) is 0.353. The molecule has 4 heterocycles. The molecule has 0 spiro atoms. The van der Waals surface area contributed by atoms with Gasteiger partial charge in [-0.1, -0.05) is 17.4 Å². The number of pyridine rings is 1. The first-order valence-corrected chi connectivity index (χ1v) is 9.25. The molecule has 9 heteroatoms. The molecule has 4 rings (SSSR count). The minimum absolute atomic E-state index is 0.0801. The number of hydrogen-bond acceptors (Lipinski definition) is 8. The van der Waals surface area contributed by atoms with Crippen molar-refractivity contribution < 1.29 is 9.21 Å². The monoisotopic (exact) mass is 370 g/mol. The Balaban J connectivity index is 1.58. The van der Waals surface area contributed by atoms with E-state index in [0.29, 0.717) is 34.8 Å². The number of likely N-dealkylation sites (tertiary alicyclic amines) is 1. The summed E-state index contributed by atoms with van der Waals surface area (Å²) in [6, 6.07) is 5.66. The number of nitrogens with zero attached hydrogens (tertiary/aromatic N) is 5. The largest absolute Gasteiger partial charge is 0.436 e. The second-order valence-electron chi connectivity index (χ2n) is 6.12. The number of hydrogen-bond donors (Lipinski definition) is 1. The quantitative estimate of drug-likeness (QED) is 0.753. The maximum atomic E-state index is 12.9. The predicted octanol–water partition coefficient (Wildman–Crippen LogP) is 3.26. The molecular formula is C17H18N6O2S. The van der Waals surface area contributed by atoms with E-state index in [9.17, 15) is 4.79 Å². The summed E-state index contributed by atoms with van der Waals surface area (Å²) in [5, 5.41) is 11.6. The van der Waals surface area contributed by atoms with Crippen molar-refractivity contribution in [1.82, 2.24) is 25.1 Å². The topological polar surface area (TPSA) is 97.0 Å². The lowest BCUT2D eigenvalue weighted by molar-refractivity contribution is 0.0698. The van der Waals surface area contributed by atoms with Gasteiger partial charge in [0.1, 0.15) is 11.3 Å². The molecule has 1 N–H and O–H groups in total. The summed E-state index contributed by atoms with van der Waals surface area (Å²) in [6.07, 6.45) is 1.80. The number of aryl methyl sites for hydroxylation is 2. The van der Waals surface area contributed by atoms with Crippen molar-refractivity contribution in [2.24, 2.45) is 0 Å². The van der Waals surface area contributed by atoms with Crippen molar-refractivity contribution in [3.05, 3.63) is 46.7 Å². The molecule has 1 saturated heterocycles. The highest BCUT2D eigenvalue weighted by atomic mass is 32.1. The maximum Gasteiger partial charge on any atom is 0.292 e. The summed E-state index contributed by atoms with van der Waals surface area (Å²) in [6.45, 7) is 4.22. The summed E-state index contributed by atoms with van der Waals surface area (Å²) >= 11 is 1.41. The van der Waals surface area contributed by atoms with Crippen molar-refractivity contribution >= 4 is 28.2 Å². The van der Waals surface area contributed by atoms with Crippen LogP contribution in [0.3, 0.4) is 0 Å². The number of carbonyl (C=O) groups is 1. The van der Waals surface area contributed by atoms with Gasteiger partial charge in [0.25, 0.3) is 5.91 Å². The van der Waals surface area contributed by atoms with Gasteiger partial charge in [-0.25, -0.2) is 9.97 Å². The zero-order valence-corrected chi connectivity index (χ0v) is 15.3. The summed E-state index contributed by atoms with van der Waals surface area (Å²) in [5.74, 6) is 1.38. The molecule has 1 fully saturated rings. The van der Waals surface area contributed by atoms with Crippen LogP contribution in [0.25, 0.3) is 0 Å². The summed E-state index contributed by atoms with van der Waals surface area (Å²) in [5.41, 5.74) is 3.13. The molecule has 3 aromatic heterocycles. The lowest BCUT2D eigenvalue weighted by Crippen LogP contribution is -2.31. The maximum absolute atomic E-state index is 12.9. The second-order valence-corrected chi connectivity index (χ2v) is 6.95. The molecule has 1 aliphatic heterocycles. The first kappa shape index (κ1) is 16.6. The highest BCUT2D eigenvalue weighted by Crippen LogP contribution is 2.33. The lowest BCUT2D eigenvalue weighted by atomic mass is 10.1. The Morgan fingerprint density at radius 1 is 1.35 bits per heavy atom. The van der Waals surface area contributed by atoms with Gasteiger partial charge in [-0.15, -0.1) is 10.2 Å². The highest BCUT2D eigenvalue weighted by Gasteiger charge is 2.34. The number of carbonyl (C=O) groups excluding carboxylic acids is 1. The molecule has 1 atom stereocenters. The lowest BCUT2D eigenvalue weighted by Gasteiger charge is -2.23. The molecule has 0 saturated carbocycles. The van der Waals surface area contributed by atoms with Crippen LogP contribution in [0.1, 0.15) is 46.7 Å². The van der Waals surface area contributed by atoms with E-state index in [1.54, 1.807) is 19.4 Å². The van der Waals surface area contributed by atoms with Crippen LogP contribution >= 0.6 is 11.3 Å². The first-order chi connectivity index (χ1) is 12.6. The molecular weight excluding hydrogens is 352 g/mol. The van der Waals surface area contributed by atoms with E-state index in [2.05, 4.69) is 25.5 Å². The molecule has 0 aromatic carbocycles. The number of amides is 1. The zero-order chi connectivity index (χ0) is 18.1. The number of nitrogens with one attached hydrogen (secondary N) is 1. The van der Waals surface area contributed by atoms with E-state index in [0.717, 1.165) is 18.5 Å². The Bertz CT molecular complexity index is 923. The number of oxazole rings is 1. The van der Waals surface area contributed by atoms with Gasteiger partial charge in [0, 0.05) is 13.5 Å². The molecule has 26 heavy (non-hydrogen) atoms. The molecule has 3 aromatic rings. The average molecular weight is 370 g/mol. The fourth-order valence-corrected chi connectivity index (χ4v) is 3.67. The summed E-state index contributed by atoms with van der Waals surface area (Å²) in [4.78, 5) is 23.6. The summed E-state index contributed by atoms with van der Waals surface area (Å²) < 4.78 is 5.52. The number of rotatable bonds is 4. The third-order valence-corrected chi connectivity index (χ3v) is 4.93. The van der Waals surface area contributed by atoms with E-state index >= 15 is 0 Å². The first-order valence-electron chi connectivity index (χ1n) is 8.37. The standard InChI is InChI=1S/C17H18N6O2S/c1-10-15(25-11(2)19-10)16(24)23-8-4-6-13(23)12-5-3-7-14(20-12)21-17-22-18-9-26-17/h3,5,7,9,13H,4,6,8H2,1-2H3,(H,20,21,22). The Hall–Kier alpha value is -2.81. The van der Waals surface area contributed by atoms with Crippen molar-refractivity contribution in [2.75, 3.05) is 11.9 Å². The van der Waals surface area contributed by atoms with E-state index in [-0.39, 0.29) is 11.9 Å². The SMILES string of the molecule is Cc1nc(C)c(C(=O)N2CCCC2c2cccc(Nc3nncs3)n2)o1. The molecule has 0 bridgehead atoms. The van der Waals surface area contributed by atoms with Crippen molar-refractivity contribution in [3.63, 3.8) is 0 Å². The van der Waals surface area contributed by atoms with Gasteiger partial charge in [-0.05, 0) is 31.9 Å². The minimum Gasteiger partial charge on any atom is -0.436 e. The second kappa shape index (κ2) is 6.83. The normalized spacial score (nSPS) is 16.8. The third kappa shape index (κ3) is 3.17. The highest BCUT2D eigenvalue weighted by molar-refractivity contribution is 7.13. The number of anilines is 2.